The summed E-state index contributed by atoms with van der Waals surface area (Å²) in [5.74, 6) is -0.652. The summed E-state index contributed by atoms with van der Waals surface area (Å²) in [7, 11) is -3.32. The third kappa shape index (κ3) is 4.78. The maximum Gasteiger partial charge on any atom is 0.225 e. The average Bonchev–Trinajstić information content (AvgIpc) is 2.94. The lowest BCUT2D eigenvalue weighted by molar-refractivity contribution is -0.116. The molecule has 1 aromatic carbocycles. The third-order valence-corrected chi connectivity index (χ3v) is 5.18. The summed E-state index contributed by atoms with van der Waals surface area (Å²) < 4.78 is 38.0. The Hall–Kier alpha value is -1.47. The lowest BCUT2D eigenvalue weighted by Crippen LogP contribution is -2.39. The Labute approximate surface area is 130 Å². The number of carbonyl (C=O) groups excluding carboxylic acids is 1. The molecular formula is C15H21FN2O3S. The van der Waals surface area contributed by atoms with Gasteiger partial charge >= 0.3 is 0 Å². The van der Waals surface area contributed by atoms with Crippen LogP contribution in [0, 0.1) is 5.82 Å². The SMILES string of the molecule is CS(=O)(=O)N(CCC(=O)Nc1ccc(F)cc1)C1CCCC1. The molecule has 1 saturated carbocycles. The van der Waals surface area contributed by atoms with Crippen LogP contribution in [0.4, 0.5) is 10.1 Å². The molecule has 0 saturated heterocycles. The van der Waals surface area contributed by atoms with Crippen LogP contribution in [0.15, 0.2) is 24.3 Å². The zero-order chi connectivity index (χ0) is 16.2. The fourth-order valence-corrected chi connectivity index (χ4v) is 3.96. The van der Waals surface area contributed by atoms with Crippen LogP contribution in [0.25, 0.3) is 0 Å². The molecule has 0 unspecified atom stereocenters. The molecule has 7 heteroatoms. The van der Waals surface area contributed by atoms with Gasteiger partial charge in [-0.25, -0.2) is 12.8 Å². The molecule has 0 aliphatic heterocycles. The highest BCUT2D eigenvalue weighted by Gasteiger charge is 2.29. The van der Waals surface area contributed by atoms with Crippen molar-refractivity contribution in [3.8, 4) is 0 Å². The van der Waals surface area contributed by atoms with Crippen molar-refractivity contribution >= 4 is 21.6 Å². The molecule has 0 atom stereocenters. The van der Waals surface area contributed by atoms with Crippen LogP contribution in [0.5, 0.6) is 0 Å². The molecule has 1 aliphatic rings. The summed E-state index contributed by atoms with van der Waals surface area (Å²) >= 11 is 0. The second-order valence-electron chi connectivity index (χ2n) is 5.62. The number of carbonyl (C=O) groups is 1. The van der Waals surface area contributed by atoms with E-state index in [-0.39, 0.29) is 30.7 Å². The predicted octanol–water partition coefficient (Wildman–Crippen LogP) is 2.36. The first-order valence-electron chi connectivity index (χ1n) is 7.38. The lowest BCUT2D eigenvalue weighted by Gasteiger charge is -2.26. The maximum atomic E-state index is 12.8. The summed E-state index contributed by atoms with van der Waals surface area (Å²) in [5, 5.41) is 2.64. The van der Waals surface area contributed by atoms with Gasteiger partial charge in [0.25, 0.3) is 0 Å². The van der Waals surface area contributed by atoms with Crippen molar-refractivity contribution in [2.24, 2.45) is 0 Å². The predicted molar refractivity (Wildman–Crippen MR) is 83.5 cm³/mol. The molecule has 1 aromatic rings. The standard InChI is InChI=1S/C15H21FN2O3S/c1-22(20,21)18(14-4-2-3-5-14)11-10-15(19)17-13-8-6-12(16)7-9-13/h6-9,14H,2-5,10-11H2,1H3,(H,17,19). The highest BCUT2D eigenvalue weighted by atomic mass is 32.2. The summed E-state index contributed by atoms with van der Waals surface area (Å²) in [6.45, 7) is 0.177. The average molecular weight is 328 g/mol. The largest absolute Gasteiger partial charge is 0.326 e. The first kappa shape index (κ1) is 16.9. The molecule has 0 radical (unpaired) electrons. The van der Waals surface area contributed by atoms with E-state index in [0.717, 1.165) is 25.7 Å². The van der Waals surface area contributed by atoms with Gasteiger partial charge in [-0.15, -0.1) is 0 Å². The van der Waals surface area contributed by atoms with Gasteiger partial charge in [-0.05, 0) is 37.1 Å². The van der Waals surface area contributed by atoms with Crippen molar-refractivity contribution in [1.82, 2.24) is 4.31 Å². The van der Waals surface area contributed by atoms with Crippen LogP contribution in [0.2, 0.25) is 0 Å². The zero-order valence-electron chi connectivity index (χ0n) is 12.6. The van der Waals surface area contributed by atoms with Crippen molar-refractivity contribution in [2.75, 3.05) is 18.1 Å². The van der Waals surface area contributed by atoms with Gasteiger partial charge in [-0.2, -0.15) is 4.31 Å². The molecule has 122 valence electrons. The van der Waals surface area contributed by atoms with Gasteiger partial charge in [0.2, 0.25) is 15.9 Å². The molecule has 1 aliphatic carbocycles. The van der Waals surface area contributed by atoms with Gasteiger partial charge in [-0.3, -0.25) is 4.79 Å². The number of rotatable bonds is 6. The monoisotopic (exact) mass is 328 g/mol. The number of nitrogens with zero attached hydrogens (tertiary/aromatic N) is 1. The number of nitrogens with one attached hydrogen (secondary N) is 1. The van der Waals surface area contributed by atoms with E-state index in [1.54, 1.807) is 0 Å². The van der Waals surface area contributed by atoms with Crippen LogP contribution in [-0.4, -0.2) is 37.5 Å². The fraction of sp³-hybridized carbons (Fsp3) is 0.533. The number of hydrogen-bond donors (Lipinski definition) is 1. The van der Waals surface area contributed by atoms with Crippen molar-refractivity contribution in [2.45, 2.75) is 38.1 Å². The van der Waals surface area contributed by atoms with E-state index in [1.165, 1.54) is 34.8 Å². The Balaban J connectivity index is 1.91. The number of sulfonamides is 1. The van der Waals surface area contributed by atoms with Crippen LogP contribution >= 0.6 is 0 Å². The zero-order valence-corrected chi connectivity index (χ0v) is 13.4. The number of amides is 1. The lowest BCUT2D eigenvalue weighted by atomic mass is 10.2. The Morgan fingerprint density at radius 2 is 1.86 bits per heavy atom. The van der Waals surface area contributed by atoms with E-state index in [2.05, 4.69) is 5.32 Å². The molecule has 5 nitrogen and oxygen atoms in total. The van der Waals surface area contributed by atoms with E-state index in [4.69, 9.17) is 0 Å². The van der Waals surface area contributed by atoms with E-state index < -0.39 is 10.0 Å². The quantitative estimate of drug-likeness (QED) is 0.872. The Bertz CT molecular complexity index is 610. The van der Waals surface area contributed by atoms with Gasteiger partial charge in [0, 0.05) is 24.7 Å². The van der Waals surface area contributed by atoms with Crippen molar-refractivity contribution < 1.29 is 17.6 Å². The van der Waals surface area contributed by atoms with Crippen molar-refractivity contribution in [3.05, 3.63) is 30.1 Å². The molecule has 0 heterocycles. The Morgan fingerprint density at radius 1 is 1.27 bits per heavy atom. The van der Waals surface area contributed by atoms with Crippen LogP contribution < -0.4 is 5.32 Å². The molecule has 1 fully saturated rings. The smallest absolute Gasteiger partial charge is 0.225 e. The van der Waals surface area contributed by atoms with Gasteiger partial charge < -0.3 is 5.32 Å². The summed E-state index contributed by atoms with van der Waals surface area (Å²) in [6.07, 6.45) is 5.03. The van der Waals surface area contributed by atoms with Crippen LogP contribution in [0.3, 0.4) is 0 Å². The second kappa shape index (κ2) is 7.19. The first-order valence-corrected chi connectivity index (χ1v) is 9.23. The van der Waals surface area contributed by atoms with Gasteiger partial charge in [-0.1, -0.05) is 12.8 Å². The minimum Gasteiger partial charge on any atom is -0.326 e. The van der Waals surface area contributed by atoms with Crippen molar-refractivity contribution in [3.63, 3.8) is 0 Å². The van der Waals surface area contributed by atoms with E-state index in [9.17, 15) is 17.6 Å². The molecule has 0 aromatic heterocycles. The summed E-state index contributed by atoms with van der Waals surface area (Å²) in [4.78, 5) is 11.9. The van der Waals surface area contributed by atoms with E-state index in [0.29, 0.717) is 5.69 Å². The minimum atomic E-state index is -3.32. The second-order valence-corrected chi connectivity index (χ2v) is 7.55. The number of halogens is 1. The number of hydrogen-bond acceptors (Lipinski definition) is 3. The Kier molecular flexibility index (Phi) is 5.52. The summed E-state index contributed by atoms with van der Waals surface area (Å²) in [5.41, 5.74) is 0.498. The van der Waals surface area contributed by atoms with E-state index in [1.807, 2.05) is 0 Å². The normalized spacial score (nSPS) is 16.1. The molecule has 1 amide bonds. The topological polar surface area (TPSA) is 66.5 Å². The molecular weight excluding hydrogens is 307 g/mol. The molecule has 22 heavy (non-hydrogen) atoms. The third-order valence-electron chi connectivity index (χ3n) is 3.85. The molecule has 2 rings (SSSR count). The van der Waals surface area contributed by atoms with Gasteiger partial charge in [0.15, 0.2) is 0 Å². The highest BCUT2D eigenvalue weighted by molar-refractivity contribution is 7.88. The van der Waals surface area contributed by atoms with Crippen LogP contribution in [-0.2, 0) is 14.8 Å². The molecule has 0 bridgehead atoms. The van der Waals surface area contributed by atoms with Crippen LogP contribution in [0.1, 0.15) is 32.1 Å². The van der Waals surface area contributed by atoms with Gasteiger partial charge in [0.05, 0.1) is 6.26 Å². The number of anilines is 1. The summed E-state index contributed by atoms with van der Waals surface area (Å²) in [6, 6.07) is 5.47. The maximum absolute atomic E-state index is 12.8. The number of benzene rings is 1. The highest BCUT2D eigenvalue weighted by Crippen LogP contribution is 2.25. The molecule has 0 spiro atoms. The molecule has 1 N–H and O–H groups in total. The minimum absolute atomic E-state index is 0.00798. The van der Waals surface area contributed by atoms with Gasteiger partial charge in [0.1, 0.15) is 5.82 Å². The Morgan fingerprint density at radius 3 is 2.41 bits per heavy atom. The van der Waals surface area contributed by atoms with E-state index >= 15 is 0 Å². The fourth-order valence-electron chi connectivity index (χ4n) is 2.78. The van der Waals surface area contributed by atoms with Crippen molar-refractivity contribution in [1.29, 1.82) is 0 Å². The first-order chi connectivity index (χ1) is 10.4.